The van der Waals surface area contributed by atoms with E-state index in [4.69, 9.17) is 11.6 Å². The topological polar surface area (TPSA) is 29.1 Å². The molecule has 98 valence electrons. The molecule has 0 spiro atoms. The Hall–Kier alpha value is -1.02. The van der Waals surface area contributed by atoms with E-state index in [9.17, 15) is 4.79 Å². The summed E-state index contributed by atoms with van der Waals surface area (Å²) in [6.45, 7) is 2.11. The fraction of sp³-hybridized carbons (Fsp3) is 0.533. The number of carbonyl (C=O) groups is 1. The molecule has 0 aromatic heterocycles. The van der Waals surface area contributed by atoms with E-state index in [-0.39, 0.29) is 11.9 Å². The maximum absolute atomic E-state index is 12.1. The molecular weight excluding hydrogens is 246 g/mol. The molecular formula is C15H20ClNO. The second-order valence-corrected chi connectivity index (χ2v) is 5.28. The highest BCUT2D eigenvalue weighted by molar-refractivity contribution is 6.18. The average molecular weight is 266 g/mol. The number of alkyl halides is 1. The van der Waals surface area contributed by atoms with E-state index < -0.39 is 0 Å². The number of halogens is 1. The van der Waals surface area contributed by atoms with E-state index in [1.165, 1.54) is 5.56 Å². The predicted octanol–water partition coefficient (Wildman–Crippen LogP) is 3.39. The number of rotatable bonds is 4. The Balaban J connectivity index is 1.98. The second kappa shape index (κ2) is 6.24. The molecule has 1 aromatic rings. The van der Waals surface area contributed by atoms with Crippen LogP contribution in [0.4, 0.5) is 0 Å². The summed E-state index contributed by atoms with van der Waals surface area (Å²) in [5.41, 5.74) is 2.00. The standard InChI is InChI=1S/C15H20ClNO/c1-2-11-6-8-12(9-7-11)15(18)17-14-5-3-4-13(14)10-16/h6-9,13-14H,2-5,10H2,1H3,(H,17,18). The van der Waals surface area contributed by atoms with Gasteiger partial charge in [-0.15, -0.1) is 11.6 Å². The van der Waals surface area contributed by atoms with Gasteiger partial charge in [-0.25, -0.2) is 0 Å². The van der Waals surface area contributed by atoms with Crippen LogP contribution in [0.2, 0.25) is 0 Å². The Labute approximate surface area is 114 Å². The highest BCUT2D eigenvalue weighted by atomic mass is 35.5. The largest absolute Gasteiger partial charge is 0.349 e. The van der Waals surface area contributed by atoms with Gasteiger partial charge in [0.2, 0.25) is 0 Å². The molecule has 2 nitrogen and oxygen atoms in total. The lowest BCUT2D eigenvalue weighted by atomic mass is 10.0. The fourth-order valence-corrected chi connectivity index (χ4v) is 2.92. The molecule has 0 saturated heterocycles. The van der Waals surface area contributed by atoms with Crippen molar-refractivity contribution in [3.8, 4) is 0 Å². The summed E-state index contributed by atoms with van der Waals surface area (Å²) in [6.07, 6.45) is 4.34. The lowest BCUT2D eigenvalue weighted by molar-refractivity contribution is 0.0930. The predicted molar refractivity (Wildman–Crippen MR) is 75.1 cm³/mol. The van der Waals surface area contributed by atoms with Gasteiger partial charge in [0.1, 0.15) is 0 Å². The van der Waals surface area contributed by atoms with Crippen LogP contribution in [0.3, 0.4) is 0 Å². The molecule has 0 heterocycles. The average Bonchev–Trinajstić information content (AvgIpc) is 2.86. The summed E-state index contributed by atoms with van der Waals surface area (Å²) in [5.74, 6) is 1.10. The molecule has 1 fully saturated rings. The van der Waals surface area contributed by atoms with E-state index in [0.29, 0.717) is 11.8 Å². The first-order chi connectivity index (χ1) is 8.74. The van der Waals surface area contributed by atoms with E-state index in [0.717, 1.165) is 31.2 Å². The monoisotopic (exact) mass is 265 g/mol. The van der Waals surface area contributed by atoms with Crippen molar-refractivity contribution < 1.29 is 4.79 Å². The third kappa shape index (κ3) is 3.05. The molecule has 1 aliphatic carbocycles. The number of aryl methyl sites for hydroxylation is 1. The lowest BCUT2D eigenvalue weighted by Crippen LogP contribution is -2.37. The summed E-state index contributed by atoms with van der Waals surface area (Å²) in [4.78, 5) is 12.1. The highest BCUT2D eigenvalue weighted by Crippen LogP contribution is 2.26. The van der Waals surface area contributed by atoms with Gasteiger partial charge in [-0.1, -0.05) is 25.5 Å². The van der Waals surface area contributed by atoms with Crippen molar-refractivity contribution in [2.45, 2.75) is 38.6 Å². The smallest absolute Gasteiger partial charge is 0.251 e. The van der Waals surface area contributed by atoms with Crippen molar-refractivity contribution in [3.05, 3.63) is 35.4 Å². The van der Waals surface area contributed by atoms with Crippen LogP contribution in [0.25, 0.3) is 0 Å². The number of hydrogen-bond donors (Lipinski definition) is 1. The number of nitrogens with one attached hydrogen (secondary N) is 1. The summed E-state index contributed by atoms with van der Waals surface area (Å²) in [7, 11) is 0. The van der Waals surface area contributed by atoms with Gasteiger partial charge in [0.25, 0.3) is 5.91 Å². The molecule has 0 aliphatic heterocycles. The van der Waals surface area contributed by atoms with Crippen LogP contribution in [0, 0.1) is 5.92 Å². The quantitative estimate of drug-likeness (QED) is 0.831. The van der Waals surface area contributed by atoms with Crippen LogP contribution < -0.4 is 5.32 Å². The fourth-order valence-electron chi connectivity index (χ4n) is 2.56. The maximum Gasteiger partial charge on any atom is 0.251 e. The van der Waals surface area contributed by atoms with E-state index in [2.05, 4.69) is 12.2 Å². The normalized spacial score (nSPS) is 23.0. The van der Waals surface area contributed by atoms with Crippen molar-refractivity contribution >= 4 is 17.5 Å². The van der Waals surface area contributed by atoms with E-state index >= 15 is 0 Å². The van der Waals surface area contributed by atoms with Crippen LogP contribution in [0.5, 0.6) is 0 Å². The van der Waals surface area contributed by atoms with Crippen molar-refractivity contribution in [2.24, 2.45) is 5.92 Å². The molecule has 2 unspecified atom stereocenters. The molecule has 1 amide bonds. The van der Waals surface area contributed by atoms with Gasteiger partial charge in [-0.2, -0.15) is 0 Å². The van der Waals surface area contributed by atoms with Gasteiger partial charge in [0, 0.05) is 17.5 Å². The zero-order valence-electron chi connectivity index (χ0n) is 10.8. The van der Waals surface area contributed by atoms with Gasteiger partial charge in [-0.05, 0) is 42.9 Å². The number of amides is 1. The Bertz CT molecular complexity index is 401. The van der Waals surface area contributed by atoms with Gasteiger partial charge >= 0.3 is 0 Å². The highest BCUT2D eigenvalue weighted by Gasteiger charge is 2.27. The number of benzene rings is 1. The zero-order valence-corrected chi connectivity index (χ0v) is 11.5. The molecule has 2 rings (SSSR count). The van der Waals surface area contributed by atoms with Crippen LogP contribution in [0.15, 0.2) is 24.3 Å². The Morgan fingerprint density at radius 1 is 1.33 bits per heavy atom. The maximum atomic E-state index is 12.1. The summed E-state index contributed by atoms with van der Waals surface area (Å²) in [5, 5.41) is 3.11. The van der Waals surface area contributed by atoms with Gasteiger partial charge in [-0.3, -0.25) is 4.79 Å². The second-order valence-electron chi connectivity index (χ2n) is 4.98. The molecule has 3 heteroatoms. The number of carbonyl (C=O) groups excluding carboxylic acids is 1. The number of hydrogen-bond acceptors (Lipinski definition) is 1. The van der Waals surface area contributed by atoms with Crippen LogP contribution in [-0.2, 0) is 6.42 Å². The molecule has 18 heavy (non-hydrogen) atoms. The Morgan fingerprint density at radius 2 is 2.06 bits per heavy atom. The molecule has 1 N–H and O–H groups in total. The van der Waals surface area contributed by atoms with Gasteiger partial charge in [0.05, 0.1) is 0 Å². The van der Waals surface area contributed by atoms with Gasteiger partial charge < -0.3 is 5.32 Å². The minimum absolute atomic E-state index is 0.0275. The molecule has 1 aromatic carbocycles. The Morgan fingerprint density at radius 3 is 2.67 bits per heavy atom. The lowest BCUT2D eigenvalue weighted by Gasteiger charge is -2.18. The summed E-state index contributed by atoms with van der Waals surface area (Å²) in [6, 6.07) is 8.09. The Kier molecular flexibility index (Phi) is 4.65. The summed E-state index contributed by atoms with van der Waals surface area (Å²) >= 11 is 5.92. The first-order valence-electron chi connectivity index (χ1n) is 6.70. The third-order valence-electron chi connectivity index (χ3n) is 3.80. The molecule has 0 radical (unpaired) electrons. The SMILES string of the molecule is CCc1ccc(C(=O)NC2CCCC2CCl)cc1. The van der Waals surface area contributed by atoms with Crippen LogP contribution in [0.1, 0.15) is 42.1 Å². The third-order valence-corrected chi connectivity index (χ3v) is 4.19. The van der Waals surface area contributed by atoms with E-state index in [1.807, 2.05) is 24.3 Å². The minimum atomic E-state index is 0.0275. The van der Waals surface area contributed by atoms with Gasteiger partial charge in [0.15, 0.2) is 0 Å². The van der Waals surface area contributed by atoms with Crippen molar-refractivity contribution in [1.29, 1.82) is 0 Å². The van der Waals surface area contributed by atoms with Crippen molar-refractivity contribution in [2.75, 3.05) is 5.88 Å². The van der Waals surface area contributed by atoms with Crippen LogP contribution >= 0.6 is 11.6 Å². The molecule has 2 atom stereocenters. The van der Waals surface area contributed by atoms with Crippen molar-refractivity contribution in [3.63, 3.8) is 0 Å². The zero-order chi connectivity index (χ0) is 13.0. The first kappa shape index (κ1) is 13.4. The molecule has 1 aliphatic rings. The van der Waals surface area contributed by atoms with Crippen LogP contribution in [-0.4, -0.2) is 17.8 Å². The summed E-state index contributed by atoms with van der Waals surface area (Å²) < 4.78 is 0. The minimum Gasteiger partial charge on any atom is -0.349 e. The molecule has 0 bridgehead atoms. The first-order valence-corrected chi connectivity index (χ1v) is 7.23. The van der Waals surface area contributed by atoms with E-state index in [1.54, 1.807) is 0 Å². The molecule has 1 saturated carbocycles. The van der Waals surface area contributed by atoms with Crippen molar-refractivity contribution in [1.82, 2.24) is 5.32 Å².